The summed E-state index contributed by atoms with van der Waals surface area (Å²) >= 11 is 0. The van der Waals surface area contributed by atoms with Crippen LogP contribution < -0.4 is 0 Å². The molecule has 1 atom stereocenters. The summed E-state index contributed by atoms with van der Waals surface area (Å²) < 4.78 is 14.3. The quantitative estimate of drug-likeness (QED) is 0.643. The Balaban J connectivity index is 1.84. The first-order chi connectivity index (χ1) is 10.2. The zero-order valence-electron chi connectivity index (χ0n) is 13.4. The third kappa shape index (κ3) is 3.31. The van der Waals surface area contributed by atoms with E-state index in [1.807, 2.05) is 0 Å². The molecule has 0 spiro atoms. The lowest BCUT2D eigenvalue weighted by atomic mass is 9.98. The zero-order valence-corrected chi connectivity index (χ0v) is 14.3. The van der Waals surface area contributed by atoms with E-state index in [-0.39, 0.29) is 5.66 Å². The van der Waals surface area contributed by atoms with Gasteiger partial charge in [0.05, 0.1) is 7.14 Å². The van der Waals surface area contributed by atoms with Crippen molar-refractivity contribution in [2.24, 2.45) is 0 Å². The van der Waals surface area contributed by atoms with E-state index in [1.165, 1.54) is 64.2 Å². The minimum Gasteiger partial charge on any atom is -0.323 e. The van der Waals surface area contributed by atoms with Gasteiger partial charge in [-0.05, 0) is 38.5 Å². The summed E-state index contributed by atoms with van der Waals surface area (Å²) in [5.74, 6) is 0.387. The van der Waals surface area contributed by atoms with Crippen LogP contribution >= 0.6 is 7.14 Å². The lowest BCUT2D eigenvalue weighted by molar-refractivity contribution is -0.120. The van der Waals surface area contributed by atoms with Crippen molar-refractivity contribution in [2.75, 3.05) is 0 Å². The van der Waals surface area contributed by atoms with Crippen LogP contribution in [-0.4, -0.2) is 22.8 Å². The van der Waals surface area contributed by atoms with Crippen molar-refractivity contribution in [1.29, 1.82) is 0 Å². The van der Waals surface area contributed by atoms with Gasteiger partial charge >= 0.3 is 0 Å². The monoisotopic (exact) mass is 310 g/mol. The molecule has 0 saturated heterocycles. The van der Waals surface area contributed by atoms with Gasteiger partial charge in [-0.25, -0.2) is 0 Å². The van der Waals surface area contributed by atoms with Crippen molar-refractivity contribution in [3.63, 3.8) is 0 Å². The third-order valence-corrected chi connectivity index (χ3v) is 11.2. The van der Waals surface area contributed by atoms with Crippen LogP contribution in [0, 0.1) is 0 Å². The summed E-state index contributed by atoms with van der Waals surface area (Å²) in [6.07, 6.45) is 15.9. The largest absolute Gasteiger partial charge is 0.323 e. The Bertz CT molecular complexity index is 383. The summed E-state index contributed by atoms with van der Waals surface area (Å²) in [5.41, 5.74) is 1.18. The van der Waals surface area contributed by atoms with Crippen molar-refractivity contribution in [3.8, 4) is 0 Å². The van der Waals surface area contributed by atoms with Crippen LogP contribution in [0.15, 0.2) is 0 Å². The molecule has 3 aliphatic rings. The van der Waals surface area contributed by atoms with E-state index in [0.717, 1.165) is 19.3 Å². The Hall–Kier alpha value is -0.100. The normalized spacial score (nSPS) is 30.5. The van der Waals surface area contributed by atoms with Crippen LogP contribution in [0.4, 0.5) is 0 Å². The zero-order chi connectivity index (χ0) is 14.7. The number of ketones is 1. The molecule has 3 rings (SSSR count). The number of carbonyl (C=O) groups is 1. The summed E-state index contributed by atoms with van der Waals surface area (Å²) in [6, 6.07) is 0. The SMILES string of the molecule is O=C1CCCC(P(=O)(C2CCCCC2)C2CCCCC2)C1. The molecule has 21 heavy (non-hydrogen) atoms. The van der Waals surface area contributed by atoms with Crippen LogP contribution in [-0.2, 0) is 9.36 Å². The van der Waals surface area contributed by atoms with Crippen molar-refractivity contribution >= 4 is 12.9 Å². The second kappa shape index (κ2) is 6.99. The molecule has 0 heterocycles. The van der Waals surface area contributed by atoms with Gasteiger partial charge in [0, 0.05) is 29.8 Å². The van der Waals surface area contributed by atoms with Gasteiger partial charge in [-0.2, -0.15) is 0 Å². The number of hydrogen-bond donors (Lipinski definition) is 0. The molecule has 3 heteroatoms. The molecule has 0 aromatic heterocycles. The number of carbonyl (C=O) groups excluding carboxylic acids is 1. The van der Waals surface area contributed by atoms with E-state index >= 15 is 0 Å². The predicted molar refractivity (Wildman–Crippen MR) is 88.6 cm³/mol. The van der Waals surface area contributed by atoms with Crippen LogP contribution in [0.25, 0.3) is 0 Å². The van der Waals surface area contributed by atoms with E-state index in [9.17, 15) is 9.36 Å². The molecule has 0 amide bonds. The highest BCUT2D eigenvalue weighted by Crippen LogP contribution is 2.68. The average Bonchev–Trinajstić information content (AvgIpc) is 2.56. The van der Waals surface area contributed by atoms with Gasteiger partial charge in [0.25, 0.3) is 0 Å². The number of Topliss-reactive ketones (excluding diaryl/α,β-unsaturated/α-hetero) is 1. The Labute approximate surface area is 129 Å². The smallest absolute Gasteiger partial charge is 0.133 e. The van der Waals surface area contributed by atoms with Crippen molar-refractivity contribution < 1.29 is 9.36 Å². The van der Waals surface area contributed by atoms with E-state index in [0.29, 0.717) is 23.5 Å². The fourth-order valence-electron chi connectivity index (χ4n) is 5.21. The van der Waals surface area contributed by atoms with Gasteiger partial charge in [-0.3, -0.25) is 4.79 Å². The number of hydrogen-bond acceptors (Lipinski definition) is 2. The molecule has 2 nitrogen and oxygen atoms in total. The van der Waals surface area contributed by atoms with E-state index < -0.39 is 7.14 Å². The Morgan fingerprint density at radius 2 is 1.14 bits per heavy atom. The average molecular weight is 310 g/mol. The first-order valence-electron chi connectivity index (χ1n) is 9.32. The standard InChI is InChI=1S/C18H31O2P/c19-15-8-7-13-18(14-15)21(20,16-9-3-1-4-10-16)17-11-5-2-6-12-17/h16-18H,1-14H2. The second-order valence-corrected chi connectivity index (χ2v) is 11.4. The van der Waals surface area contributed by atoms with Gasteiger partial charge in [0.1, 0.15) is 5.78 Å². The van der Waals surface area contributed by atoms with Gasteiger partial charge in [-0.1, -0.05) is 38.5 Å². The van der Waals surface area contributed by atoms with Crippen LogP contribution in [0.5, 0.6) is 0 Å². The lowest BCUT2D eigenvalue weighted by Crippen LogP contribution is -2.33. The molecule has 0 aromatic rings. The van der Waals surface area contributed by atoms with E-state index in [1.54, 1.807) is 0 Å². The summed E-state index contributed by atoms with van der Waals surface area (Å²) in [5, 5.41) is 0. The first kappa shape index (κ1) is 15.8. The number of rotatable bonds is 3. The molecule has 0 aliphatic heterocycles. The molecular weight excluding hydrogens is 279 g/mol. The van der Waals surface area contributed by atoms with Crippen molar-refractivity contribution in [2.45, 2.75) is 107 Å². The van der Waals surface area contributed by atoms with Gasteiger partial charge in [0.2, 0.25) is 0 Å². The Morgan fingerprint density at radius 1 is 0.667 bits per heavy atom. The fourth-order valence-corrected chi connectivity index (χ4v) is 10.4. The minimum atomic E-state index is -2.20. The van der Waals surface area contributed by atoms with E-state index in [4.69, 9.17) is 0 Å². The Morgan fingerprint density at radius 3 is 1.62 bits per heavy atom. The second-order valence-electron chi connectivity index (χ2n) is 7.64. The molecule has 0 bridgehead atoms. The molecule has 1 unspecified atom stereocenters. The van der Waals surface area contributed by atoms with Crippen molar-refractivity contribution in [3.05, 3.63) is 0 Å². The Kier molecular flexibility index (Phi) is 5.25. The van der Waals surface area contributed by atoms with Crippen LogP contribution in [0.3, 0.4) is 0 Å². The highest BCUT2D eigenvalue weighted by Gasteiger charge is 2.47. The molecule has 0 N–H and O–H groups in total. The maximum absolute atomic E-state index is 14.3. The van der Waals surface area contributed by atoms with Gasteiger partial charge < -0.3 is 4.57 Å². The molecule has 0 aromatic carbocycles. The predicted octanol–water partition coefficient (Wildman–Crippen LogP) is 5.53. The topological polar surface area (TPSA) is 34.1 Å². The molecule has 3 aliphatic carbocycles. The summed E-state index contributed by atoms with van der Waals surface area (Å²) in [4.78, 5) is 12.0. The first-order valence-corrected chi connectivity index (χ1v) is 11.2. The molecule has 120 valence electrons. The van der Waals surface area contributed by atoms with Crippen LogP contribution in [0.1, 0.15) is 89.9 Å². The van der Waals surface area contributed by atoms with Crippen LogP contribution in [0.2, 0.25) is 0 Å². The third-order valence-electron chi connectivity index (χ3n) is 6.32. The molecular formula is C18H31O2P. The molecule has 3 fully saturated rings. The highest BCUT2D eigenvalue weighted by atomic mass is 31.2. The molecule has 0 radical (unpaired) electrons. The van der Waals surface area contributed by atoms with Gasteiger partial charge in [-0.15, -0.1) is 0 Å². The lowest BCUT2D eigenvalue weighted by Gasteiger charge is -2.43. The summed E-state index contributed by atoms with van der Waals surface area (Å²) in [7, 11) is -2.20. The van der Waals surface area contributed by atoms with Crippen molar-refractivity contribution in [1.82, 2.24) is 0 Å². The maximum Gasteiger partial charge on any atom is 0.133 e. The minimum absolute atomic E-state index is 0.255. The molecule has 3 saturated carbocycles. The fraction of sp³-hybridized carbons (Fsp3) is 0.944. The summed E-state index contributed by atoms with van der Waals surface area (Å²) in [6.45, 7) is 0. The highest BCUT2D eigenvalue weighted by molar-refractivity contribution is 7.66. The maximum atomic E-state index is 14.3. The van der Waals surface area contributed by atoms with Gasteiger partial charge in [0.15, 0.2) is 0 Å². The van der Waals surface area contributed by atoms with E-state index in [2.05, 4.69) is 0 Å².